The number of amides is 1. The standard InChI is InChI=1S/C16H16INO/c1-12-4-2-5-13(10-12)8-9-16(19)18-15-7-3-6-14(17)11-15/h2-7,10-11H,8-9H2,1H3,(H,18,19). The lowest BCUT2D eigenvalue weighted by Gasteiger charge is -2.06. The van der Waals surface area contributed by atoms with Gasteiger partial charge in [-0.25, -0.2) is 0 Å². The van der Waals surface area contributed by atoms with E-state index < -0.39 is 0 Å². The van der Waals surface area contributed by atoms with Crippen molar-refractivity contribution >= 4 is 34.2 Å². The Hall–Kier alpha value is -1.36. The Morgan fingerprint density at radius 3 is 2.68 bits per heavy atom. The van der Waals surface area contributed by atoms with E-state index in [-0.39, 0.29) is 5.91 Å². The van der Waals surface area contributed by atoms with Gasteiger partial charge in [-0.2, -0.15) is 0 Å². The molecule has 3 heteroatoms. The van der Waals surface area contributed by atoms with Crippen LogP contribution in [-0.2, 0) is 11.2 Å². The van der Waals surface area contributed by atoms with Crippen molar-refractivity contribution in [3.8, 4) is 0 Å². The number of carbonyl (C=O) groups excluding carboxylic acids is 1. The van der Waals surface area contributed by atoms with Gasteiger partial charge in [-0.05, 0) is 59.7 Å². The lowest BCUT2D eigenvalue weighted by Crippen LogP contribution is -2.12. The highest BCUT2D eigenvalue weighted by Gasteiger charge is 2.03. The summed E-state index contributed by atoms with van der Waals surface area (Å²) in [5.41, 5.74) is 3.30. The van der Waals surface area contributed by atoms with Gasteiger partial charge in [0.15, 0.2) is 0 Å². The molecule has 0 aliphatic carbocycles. The molecule has 2 rings (SSSR count). The minimum absolute atomic E-state index is 0.0588. The summed E-state index contributed by atoms with van der Waals surface area (Å²) in [6.45, 7) is 2.06. The zero-order chi connectivity index (χ0) is 13.7. The largest absolute Gasteiger partial charge is 0.326 e. The fourth-order valence-electron chi connectivity index (χ4n) is 1.92. The Kier molecular flexibility index (Phi) is 4.96. The molecular weight excluding hydrogens is 349 g/mol. The third kappa shape index (κ3) is 4.67. The Labute approximate surface area is 127 Å². The summed E-state index contributed by atoms with van der Waals surface area (Å²) < 4.78 is 1.12. The molecular formula is C16H16INO. The van der Waals surface area contributed by atoms with E-state index in [1.54, 1.807) is 0 Å². The van der Waals surface area contributed by atoms with E-state index in [2.05, 4.69) is 53.0 Å². The molecule has 0 unspecified atom stereocenters. The predicted octanol–water partition coefficient (Wildman–Crippen LogP) is 4.17. The van der Waals surface area contributed by atoms with Crippen LogP contribution in [0.5, 0.6) is 0 Å². The Morgan fingerprint density at radius 2 is 1.95 bits per heavy atom. The molecule has 19 heavy (non-hydrogen) atoms. The van der Waals surface area contributed by atoms with Crippen LogP contribution in [0.1, 0.15) is 17.5 Å². The van der Waals surface area contributed by atoms with Crippen molar-refractivity contribution in [3.05, 3.63) is 63.2 Å². The molecule has 0 radical (unpaired) electrons. The number of carbonyl (C=O) groups is 1. The molecule has 2 nitrogen and oxygen atoms in total. The molecule has 1 N–H and O–H groups in total. The number of aryl methyl sites for hydroxylation is 2. The van der Waals surface area contributed by atoms with Gasteiger partial charge < -0.3 is 5.32 Å². The van der Waals surface area contributed by atoms with Crippen molar-refractivity contribution in [2.45, 2.75) is 19.8 Å². The highest BCUT2D eigenvalue weighted by molar-refractivity contribution is 14.1. The average molecular weight is 365 g/mol. The lowest BCUT2D eigenvalue weighted by molar-refractivity contribution is -0.116. The molecule has 0 saturated heterocycles. The van der Waals surface area contributed by atoms with Crippen LogP contribution >= 0.6 is 22.6 Å². The highest BCUT2D eigenvalue weighted by atomic mass is 127. The quantitative estimate of drug-likeness (QED) is 0.810. The van der Waals surface area contributed by atoms with Crippen molar-refractivity contribution in [3.63, 3.8) is 0 Å². The molecule has 0 fully saturated rings. The SMILES string of the molecule is Cc1cccc(CCC(=O)Nc2cccc(I)c2)c1. The van der Waals surface area contributed by atoms with E-state index in [0.717, 1.165) is 15.7 Å². The number of nitrogens with one attached hydrogen (secondary N) is 1. The predicted molar refractivity (Wildman–Crippen MR) is 87.3 cm³/mol. The van der Waals surface area contributed by atoms with Crippen LogP contribution in [0.25, 0.3) is 0 Å². The van der Waals surface area contributed by atoms with Crippen molar-refractivity contribution < 1.29 is 4.79 Å². The van der Waals surface area contributed by atoms with Gasteiger partial charge in [0.05, 0.1) is 0 Å². The third-order valence-corrected chi connectivity index (χ3v) is 3.50. The Balaban J connectivity index is 1.88. The van der Waals surface area contributed by atoms with E-state index in [9.17, 15) is 4.79 Å². The first-order valence-electron chi connectivity index (χ1n) is 6.24. The van der Waals surface area contributed by atoms with E-state index in [0.29, 0.717) is 6.42 Å². The normalized spacial score (nSPS) is 10.2. The van der Waals surface area contributed by atoms with Gasteiger partial charge in [0.1, 0.15) is 0 Å². The summed E-state index contributed by atoms with van der Waals surface area (Å²) in [6.07, 6.45) is 1.28. The van der Waals surface area contributed by atoms with Crippen molar-refractivity contribution in [1.29, 1.82) is 0 Å². The second-order valence-electron chi connectivity index (χ2n) is 4.55. The summed E-state index contributed by atoms with van der Waals surface area (Å²) in [5.74, 6) is 0.0588. The van der Waals surface area contributed by atoms with Gasteiger partial charge in [0.25, 0.3) is 0 Å². The Morgan fingerprint density at radius 1 is 1.16 bits per heavy atom. The average Bonchev–Trinajstić information content (AvgIpc) is 2.36. The maximum atomic E-state index is 11.9. The maximum Gasteiger partial charge on any atom is 0.224 e. The number of hydrogen-bond donors (Lipinski definition) is 1. The number of benzene rings is 2. The molecule has 0 aliphatic rings. The van der Waals surface area contributed by atoms with E-state index in [4.69, 9.17) is 0 Å². The summed E-state index contributed by atoms with van der Waals surface area (Å²) >= 11 is 2.24. The number of rotatable bonds is 4. The zero-order valence-corrected chi connectivity index (χ0v) is 13.0. The molecule has 0 saturated carbocycles. The summed E-state index contributed by atoms with van der Waals surface area (Å²) in [4.78, 5) is 11.9. The van der Waals surface area contributed by atoms with Crippen LogP contribution in [-0.4, -0.2) is 5.91 Å². The first-order valence-corrected chi connectivity index (χ1v) is 7.32. The highest BCUT2D eigenvalue weighted by Crippen LogP contribution is 2.13. The van der Waals surface area contributed by atoms with E-state index in [1.807, 2.05) is 30.3 Å². The van der Waals surface area contributed by atoms with Gasteiger partial charge in [0, 0.05) is 15.7 Å². The first kappa shape index (κ1) is 14.1. The minimum Gasteiger partial charge on any atom is -0.326 e. The topological polar surface area (TPSA) is 29.1 Å². The molecule has 2 aromatic rings. The third-order valence-electron chi connectivity index (χ3n) is 2.83. The second-order valence-corrected chi connectivity index (χ2v) is 5.79. The molecule has 98 valence electrons. The van der Waals surface area contributed by atoms with Crippen molar-refractivity contribution in [2.24, 2.45) is 0 Å². The van der Waals surface area contributed by atoms with Crippen LogP contribution in [0.3, 0.4) is 0 Å². The monoisotopic (exact) mass is 365 g/mol. The van der Waals surface area contributed by atoms with E-state index in [1.165, 1.54) is 11.1 Å². The summed E-state index contributed by atoms with van der Waals surface area (Å²) in [5, 5.41) is 2.92. The summed E-state index contributed by atoms with van der Waals surface area (Å²) in [7, 11) is 0. The molecule has 0 bridgehead atoms. The second kappa shape index (κ2) is 6.70. The van der Waals surface area contributed by atoms with Crippen molar-refractivity contribution in [2.75, 3.05) is 5.32 Å². The van der Waals surface area contributed by atoms with Gasteiger partial charge in [-0.1, -0.05) is 35.9 Å². The molecule has 1 amide bonds. The molecule has 0 heterocycles. The van der Waals surface area contributed by atoms with Gasteiger partial charge in [-0.3, -0.25) is 4.79 Å². The first-order chi connectivity index (χ1) is 9.13. The van der Waals surface area contributed by atoms with E-state index >= 15 is 0 Å². The zero-order valence-electron chi connectivity index (χ0n) is 10.8. The summed E-state index contributed by atoms with van der Waals surface area (Å²) in [6, 6.07) is 16.1. The molecule has 0 atom stereocenters. The lowest BCUT2D eigenvalue weighted by atomic mass is 10.1. The van der Waals surface area contributed by atoms with Gasteiger partial charge in [0.2, 0.25) is 5.91 Å². The maximum absolute atomic E-state index is 11.9. The molecule has 0 spiro atoms. The van der Waals surface area contributed by atoms with Gasteiger partial charge in [-0.15, -0.1) is 0 Å². The van der Waals surface area contributed by atoms with Crippen LogP contribution in [0.15, 0.2) is 48.5 Å². The van der Waals surface area contributed by atoms with Crippen LogP contribution in [0.2, 0.25) is 0 Å². The molecule has 0 aromatic heterocycles. The fraction of sp³-hybridized carbons (Fsp3) is 0.188. The van der Waals surface area contributed by atoms with Gasteiger partial charge >= 0.3 is 0 Å². The minimum atomic E-state index is 0.0588. The molecule has 2 aromatic carbocycles. The van der Waals surface area contributed by atoms with Crippen LogP contribution < -0.4 is 5.32 Å². The number of anilines is 1. The Bertz CT molecular complexity index is 580. The van der Waals surface area contributed by atoms with Crippen molar-refractivity contribution in [1.82, 2.24) is 0 Å². The fourth-order valence-corrected chi connectivity index (χ4v) is 2.46. The number of hydrogen-bond acceptors (Lipinski definition) is 1. The number of halogens is 1. The smallest absolute Gasteiger partial charge is 0.224 e. The van der Waals surface area contributed by atoms with Crippen LogP contribution in [0, 0.1) is 10.5 Å². The molecule has 0 aliphatic heterocycles. The van der Waals surface area contributed by atoms with Crippen LogP contribution in [0.4, 0.5) is 5.69 Å².